The molecule has 2 rings (SSSR count). The first-order valence-corrected chi connectivity index (χ1v) is 7.28. The summed E-state index contributed by atoms with van der Waals surface area (Å²) in [6, 6.07) is 15.2. The third-order valence-corrected chi connectivity index (χ3v) is 3.33. The van der Waals surface area contributed by atoms with E-state index < -0.39 is 0 Å². The highest BCUT2D eigenvalue weighted by atomic mass is 35.5. The van der Waals surface area contributed by atoms with E-state index >= 15 is 0 Å². The van der Waals surface area contributed by atoms with Crippen LogP contribution in [0.1, 0.15) is 28.4 Å². The van der Waals surface area contributed by atoms with Crippen LogP contribution in [0, 0.1) is 6.92 Å². The van der Waals surface area contributed by atoms with Crippen LogP contribution in [0.5, 0.6) is 0 Å². The molecule has 0 saturated carbocycles. The molecule has 0 fully saturated rings. The molecule has 0 heterocycles. The predicted octanol–water partition coefficient (Wildman–Crippen LogP) is 4.47. The average molecular weight is 313 g/mol. The van der Waals surface area contributed by atoms with Gasteiger partial charge in [0.05, 0.1) is 16.3 Å². The summed E-state index contributed by atoms with van der Waals surface area (Å²) in [7, 11) is 0. The van der Waals surface area contributed by atoms with Crippen LogP contribution in [0.25, 0.3) is 6.08 Å². The van der Waals surface area contributed by atoms with E-state index in [0.717, 1.165) is 11.1 Å². The van der Waals surface area contributed by atoms with Crippen molar-refractivity contribution in [2.75, 3.05) is 0 Å². The molecule has 0 aliphatic carbocycles. The Hall–Kier alpha value is -2.39. The van der Waals surface area contributed by atoms with Crippen LogP contribution in [0.15, 0.2) is 59.7 Å². The first-order valence-electron chi connectivity index (χ1n) is 6.90. The lowest BCUT2D eigenvalue weighted by Gasteiger charge is -2.04. The van der Waals surface area contributed by atoms with Crippen LogP contribution in [-0.4, -0.2) is 11.6 Å². The molecule has 0 atom stereocenters. The highest BCUT2D eigenvalue weighted by Gasteiger charge is 2.09. The molecular weight excluding hydrogens is 296 g/mol. The maximum atomic E-state index is 12.0. The SMILES string of the molecule is CC(C=Cc1ccccc1)=NNC(=O)c1ccc(C)cc1Cl. The molecule has 112 valence electrons. The topological polar surface area (TPSA) is 41.5 Å². The minimum Gasteiger partial charge on any atom is -0.267 e. The summed E-state index contributed by atoms with van der Waals surface area (Å²) in [5.74, 6) is -0.322. The Labute approximate surface area is 135 Å². The maximum Gasteiger partial charge on any atom is 0.272 e. The molecule has 1 amide bonds. The van der Waals surface area contributed by atoms with Gasteiger partial charge in [0.1, 0.15) is 0 Å². The Bertz CT molecular complexity index is 721. The molecule has 0 saturated heterocycles. The van der Waals surface area contributed by atoms with Crippen molar-refractivity contribution in [1.29, 1.82) is 0 Å². The fourth-order valence-electron chi connectivity index (χ4n) is 1.82. The lowest BCUT2D eigenvalue weighted by molar-refractivity contribution is 0.0955. The monoisotopic (exact) mass is 312 g/mol. The number of nitrogens with zero attached hydrogens (tertiary/aromatic N) is 1. The lowest BCUT2D eigenvalue weighted by atomic mass is 10.1. The number of carbonyl (C=O) groups is 1. The zero-order valence-electron chi connectivity index (χ0n) is 12.5. The molecule has 2 aromatic carbocycles. The Morgan fingerprint density at radius 3 is 2.59 bits per heavy atom. The summed E-state index contributed by atoms with van der Waals surface area (Å²) in [5.41, 5.74) is 5.70. The molecule has 0 spiro atoms. The summed E-state index contributed by atoms with van der Waals surface area (Å²) in [5, 5.41) is 4.47. The quantitative estimate of drug-likeness (QED) is 0.657. The normalized spacial score (nSPS) is 11.7. The van der Waals surface area contributed by atoms with E-state index in [4.69, 9.17) is 11.6 Å². The molecule has 3 nitrogen and oxygen atoms in total. The third-order valence-electron chi connectivity index (χ3n) is 3.02. The smallest absolute Gasteiger partial charge is 0.267 e. The molecule has 0 unspecified atom stereocenters. The van der Waals surface area contributed by atoms with Crippen LogP contribution >= 0.6 is 11.6 Å². The lowest BCUT2D eigenvalue weighted by Crippen LogP contribution is -2.19. The van der Waals surface area contributed by atoms with Crippen molar-refractivity contribution < 1.29 is 4.79 Å². The summed E-state index contributed by atoms with van der Waals surface area (Å²) >= 11 is 6.06. The van der Waals surface area contributed by atoms with Crippen molar-refractivity contribution in [2.45, 2.75) is 13.8 Å². The molecule has 2 aromatic rings. The minimum absolute atomic E-state index is 0.322. The minimum atomic E-state index is -0.322. The number of carbonyl (C=O) groups excluding carboxylic acids is 1. The van der Waals surface area contributed by atoms with Crippen LogP contribution in [0.4, 0.5) is 0 Å². The number of amides is 1. The Morgan fingerprint density at radius 2 is 1.91 bits per heavy atom. The number of hydrazone groups is 1. The van der Waals surface area contributed by atoms with Gasteiger partial charge in [-0.15, -0.1) is 0 Å². The van der Waals surface area contributed by atoms with Gasteiger partial charge in [-0.25, -0.2) is 5.43 Å². The highest BCUT2D eigenvalue weighted by molar-refractivity contribution is 6.33. The number of rotatable bonds is 4. The number of hydrogen-bond donors (Lipinski definition) is 1. The largest absolute Gasteiger partial charge is 0.272 e. The fraction of sp³-hybridized carbons (Fsp3) is 0.111. The van der Waals surface area contributed by atoms with E-state index in [2.05, 4.69) is 10.5 Å². The van der Waals surface area contributed by atoms with Gasteiger partial charge in [-0.1, -0.05) is 54.1 Å². The summed E-state index contributed by atoms with van der Waals surface area (Å²) in [4.78, 5) is 12.0. The second kappa shape index (κ2) is 7.57. The number of aryl methyl sites for hydroxylation is 1. The molecule has 0 bridgehead atoms. The van der Waals surface area contributed by atoms with E-state index in [0.29, 0.717) is 16.3 Å². The Morgan fingerprint density at radius 1 is 1.18 bits per heavy atom. The molecule has 0 aromatic heterocycles. The van der Waals surface area contributed by atoms with Crippen molar-refractivity contribution in [3.05, 3.63) is 76.3 Å². The first kappa shape index (κ1) is 16.0. The second-order valence-electron chi connectivity index (χ2n) is 4.92. The van der Waals surface area contributed by atoms with Gasteiger partial charge in [-0.2, -0.15) is 5.10 Å². The van der Waals surface area contributed by atoms with E-state index in [-0.39, 0.29) is 5.91 Å². The number of nitrogens with one attached hydrogen (secondary N) is 1. The predicted molar refractivity (Wildman–Crippen MR) is 92.2 cm³/mol. The van der Waals surface area contributed by atoms with Crippen LogP contribution in [-0.2, 0) is 0 Å². The van der Waals surface area contributed by atoms with Gasteiger partial charge in [-0.05, 0) is 43.2 Å². The van der Waals surface area contributed by atoms with Crippen LogP contribution in [0.2, 0.25) is 5.02 Å². The van der Waals surface area contributed by atoms with Crippen molar-refractivity contribution >= 4 is 29.3 Å². The first-order chi connectivity index (χ1) is 10.6. The fourth-order valence-corrected chi connectivity index (χ4v) is 2.14. The molecule has 0 aliphatic rings. The van der Waals surface area contributed by atoms with Crippen LogP contribution in [0.3, 0.4) is 0 Å². The van der Waals surface area contributed by atoms with E-state index in [9.17, 15) is 4.79 Å². The van der Waals surface area contributed by atoms with Crippen molar-refractivity contribution in [2.24, 2.45) is 5.10 Å². The van der Waals surface area contributed by atoms with Crippen molar-refractivity contribution in [3.8, 4) is 0 Å². The number of benzene rings is 2. The zero-order valence-corrected chi connectivity index (χ0v) is 13.3. The molecule has 0 radical (unpaired) electrons. The molecule has 22 heavy (non-hydrogen) atoms. The number of allylic oxidation sites excluding steroid dienone is 1. The summed E-state index contributed by atoms with van der Waals surface area (Å²) in [6.07, 6.45) is 3.77. The van der Waals surface area contributed by atoms with Gasteiger partial charge >= 0.3 is 0 Å². The Kier molecular flexibility index (Phi) is 5.50. The third kappa shape index (κ3) is 4.57. The van der Waals surface area contributed by atoms with E-state index in [1.54, 1.807) is 12.1 Å². The highest BCUT2D eigenvalue weighted by Crippen LogP contribution is 2.17. The summed E-state index contributed by atoms with van der Waals surface area (Å²) in [6.45, 7) is 3.74. The van der Waals surface area contributed by atoms with Gasteiger partial charge in [0.25, 0.3) is 5.91 Å². The molecular formula is C18H17ClN2O. The Balaban J connectivity index is 2.01. The van der Waals surface area contributed by atoms with Crippen molar-refractivity contribution in [1.82, 2.24) is 5.43 Å². The molecule has 1 N–H and O–H groups in total. The molecule has 0 aliphatic heterocycles. The average Bonchev–Trinajstić information content (AvgIpc) is 2.51. The number of hydrogen-bond acceptors (Lipinski definition) is 2. The van der Waals surface area contributed by atoms with Gasteiger partial charge in [0.15, 0.2) is 0 Å². The standard InChI is InChI=1S/C18H17ClN2O/c1-13-8-11-16(17(19)12-13)18(22)21-20-14(2)9-10-15-6-4-3-5-7-15/h3-12H,1-2H3,(H,21,22). The summed E-state index contributed by atoms with van der Waals surface area (Å²) < 4.78 is 0. The van der Waals surface area contributed by atoms with E-state index in [1.807, 2.05) is 62.4 Å². The van der Waals surface area contributed by atoms with Crippen LogP contribution < -0.4 is 5.43 Å². The second-order valence-corrected chi connectivity index (χ2v) is 5.33. The van der Waals surface area contributed by atoms with E-state index in [1.165, 1.54) is 0 Å². The zero-order chi connectivity index (χ0) is 15.9. The van der Waals surface area contributed by atoms with Crippen molar-refractivity contribution in [3.63, 3.8) is 0 Å². The molecule has 4 heteroatoms. The van der Waals surface area contributed by atoms with Gasteiger partial charge in [0, 0.05) is 0 Å². The van der Waals surface area contributed by atoms with Gasteiger partial charge in [-0.3, -0.25) is 4.79 Å². The maximum absolute atomic E-state index is 12.0. The number of halogens is 1. The van der Waals surface area contributed by atoms with Gasteiger partial charge < -0.3 is 0 Å². The van der Waals surface area contributed by atoms with Gasteiger partial charge in [0.2, 0.25) is 0 Å².